The Labute approximate surface area is 182 Å². The number of amides is 1. The number of benzene rings is 1. The van der Waals surface area contributed by atoms with Crippen LogP contribution in [0.4, 0.5) is 11.5 Å². The molecule has 2 aromatic heterocycles. The molecule has 1 aliphatic heterocycles. The third-order valence-electron chi connectivity index (χ3n) is 4.84. The standard InChI is InChI=1S/C19H21ClN6O5/c1-29-14-10-15(30-2)13(9-12(14)20)22-16(27)11-26-19(28)25-4-3-21-17(18(25)23-26)24-5-7-31-8-6-24/h3-4,9-10H,5-8,11H2,1-2H3,(H,22,27). The van der Waals surface area contributed by atoms with Crippen LogP contribution in [0.5, 0.6) is 11.5 Å². The van der Waals surface area contributed by atoms with Crippen LogP contribution in [0.1, 0.15) is 0 Å². The summed E-state index contributed by atoms with van der Waals surface area (Å²) in [5.41, 5.74) is 0.292. The van der Waals surface area contributed by atoms with Crippen LogP contribution in [0.15, 0.2) is 29.3 Å². The van der Waals surface area contributed by atoms with E-state index >= 15 is 0 Å². The van der Waals surface area contributed by atoms with E-state index in [9.17, 15) is 9.59 Å². The lowest BCUT2D eigenvalue weighted by Gasteiger charge is -2.27. The van der Waals surface area contributed by atoms with Crippen LogP contribution in [0.25, 0.3) is 5.65 Å². The van der Waals surface area contributed by atoms with Crippen LogP contribution in [-0.2, 0) is 16.1 Å². The number of nitrogens with zero attached hydrogens (tertiary/aromatic N) is 5. The second-order valence-corrected chi connectivity index (χ2v) is 7.13. The Balaban J connectivity index is 1.59. The van der Waals surface area contributed by atoms with Crippen molar-refractivity contribution in [2.24, 2.45) is 0 Å². The zero-order valence-electron chi connectivity index (χ0n) is 17.0. The van der Waals surface area contributed by atoms with Crippen LogP contribution in [-0.4, -0.2) is 65.6 Å². The molecule has 0 atom stereocenters. The molecule has 1 saturated heterocycles. The van der Waals surface area contributed by atoms with Crippen molar-refractivity contribution < 1.29 is 19.0 Å². The van der Waals surface area contributed by atoms with Gasteiger partial charge in [0.15, 0.2) is 5.82 Å². The van der Waals surface area contributed by atoms with Gasteiger partial charge in [0.2, 0.25) is 11.6 Å². The molecule has 0 saturated carbocycles. The normalized spacial score (nSPS) is 14.0. The monoisotopic (exact) mass is 448 g/mol. The van der Waals surface area contributed by atoms with E-state index in [1.54, 1.807) is 6.07 Å². The third kappa shape index (κ3) is 4.14. The van der Waals surface area contributed by atoms with Gasteiger partial charge < -0.3 is 24.4 Å². The summed E-state index contributed by atoms with van der Waals surface area (Å²) in [7, 11) is 2.94. The summed E-state index contributed by atoms with van der Waals surface area (Å²) in [5, 5.41) is 7.35. The van der Waals surface area contributed by atoms with Crippen LogP contribution in [0, 0.1) is 0 Å². The summed E-state index contributed by atoms with van der Waals surface area (Å²) in [6.45, 7) is 2.14. The smallest absolute Gasteiger partial charge is 0.350 e. The van der Waals surface area contributed by atoms with Crippen molar-refractivity contribution in [2.45, 2.75) is 6.54 Å². The zero-order valence-corrected chi connectivity index (χ0v) is 17.8. The van der Waals surface area contributed by atoms with Gasteiger partial charge in [-0.05, 0) is 6.07 Å². The molecule has 1 aromatic carbocycles. The number of carbonyl (C=O) groups is 1. The van der Waals surface area contributed by atoms with Gasteiger partial charge in [0.1, 0.15) is 18.0 Å². The minimum Gasteiger partial charge on any atom is -0.495 e. The number of methoxy groups -OCH3 is 2. The number of ether oxygens (including phenoxy) is 3. The Bertz CT molecular complexity index is 1170. The Morgan fingerprint density at radius 1 is 1.23 bits per heavy atom. The Hall–Kier alpha value is -3.31. The lowest BCUT2D eigenvalue weighted by Crippen LogP contribution is -2.37. The maximum Gasteiger partial charge on any atom is 0.350 e. The highest BCUT2D eigenvalue weighted by Gasteiger charge is 2.20. The molecule has 4 rings (SSSR count). The largest absolute Gasteiger partial charge is 0.495 e. The Morgan fingerprint density at radius 3 is 2.68 bits per heavy atom. The summed E-state index contributed by atoms with van der Waals surface area (Å²) >= 11 is 6.15. The van der Waals surface area contributed by atoms with E-state index in [1.165, 1.54) is 37.1 Å². The number of morpholine rings is 1. The predicted octanol–water partition coefficient (Wildman–Crippen LogP) is 1.04. The molecule has 12 heteroatoms. The quantitative estimate of drug-likeness (QED) is 0.595. The van der Waals surface area contributed by atoms with Gasteiger partial charge in [0, 0.05) is 31.5 Å². The van der Waals surface area contributed by atoms with Crippen molar-refractivity contribution >= 4 is 34.7 Å². The zero-order chi connectivity index (χ0) is 22.0. The molecule has 164 valence electrons. The van der Waals surface area contributed by atoms with Gasteiger partial charge in [-0.15, -0.1) is 5.10 Å². The van der Waals surface area contributed by atoms with E-state index in [1.807, 2.05) is 4.90 Å². The van der Waals surface area contributed by atoms with E-state index in [-0.39, 0.29) is 6.54 Å². The number of aromatic nitrogens is 4. The van der Waals surface area contributed by atoms with Crippen LogP contribution in [0.2, 0.25) is 5.02 Å². The molecule has 0 aliphatic carbocycles. The Kier molecular flexibility index (Phi) is 5.96. The highest BCUT2D eigenvalue weighted by Crippen LogP contribution is 2.35. The van der Waals surface area contributed by atoms with E-state index in [0.717, 1.165) is 4.68 Å². The topological polar surface area (TPSA) is 112 Å². The third-order valence-corrected chi connectivity index (χ3v) is 5.13. The van der Waals surface area contributed by atoms with Crippen molar-refractivity contribution in [1.29, 1.82) is 0 Å². The fraction of sp³-hybridized carbons (Fsp3) is 0.368. The van der Waals surface area contributed by atoms with E-state index in [0.29, 0.717) is 60.0 Å². The van der Waals surface area contributed by atoms with E-state index in [4.69, 9.17) is 25.8 Å². The highest BCUT2D eigenvalue weighted by molar-refractivity contribution is 6.32. The summed E-state index contributed by atoms with van der Waals surface area (Å²) in [6, 6.07) is 3.08. The molecule has 3 aromatic rings. The maximum atomic E-state index is 12.8. The molecule has 3 heterocycles. The minimum atomic E-state index is -0.467. The second kappa shape index (κ2) is 8.82. The van der Waals surface area contributed by atoms with E-state index in [2.05, 4.69) is 15.4 Å². The number of hydrogen-bond donors (Lipinski definition) is 1. The molecule has 1 N–H and O–H groups in total. The average Bonchev–Trinajstić information content (AvgIpc) is 3.10. The summed E-state index contributed by atoms with van der Waals surface area (Å²) in [5.74, 6) is 0.892. The fourth-order valence-corrected chi connectivity index (χ4v) is 3.56. The van der Waals surface area contributed by atoms with Crippen LogP contribution < -0.4 is 25.4 Å². The lowest BCUT2D eigenvalue weighted by atomic mass is 10.2. The van der Waals surface area contributed by atoms with E-state index < -0.39 is 11.6 Å². The molecule has 0 spiro atoms. The summed E-state index contributed by atoms with van der Waals surface area (Å²) in [4.78, 5) is 31.8. The summed E-state index contributed by atoms with van der Waals surface area (Å²) in [6.07, 6.45) is 3.06. The van der Waals surface area contributed by atoms with Crippen LogP contribution >= 0.6 is 11.6 Å². The number of rotatable bonds is 6. The van der Waals surface area contributed by atoms with Gasteiger partial charge in [-0.25, -0.2) is 18.9 Å². The van der Waals surface area contributed by atoms with Crippen molar-refractivity contribution in [1.82, 2.24) is 19.2 Å². The number of hydrogen-bond acceptors (Lipinski definition) is 8. The molecule has 1 amide bonds. The number of halogens is 1. The minimum absolute atomic E-state index is 0.296. The van der Waals surface area contributed by atoms with Crippen molar-refractivity contribution in [2.75, 3.05) is 50.7 Å². The molecular weight excluding hydrogens is 428 g/mol. The van der Waals surface area contributed by atoms with Gasteiger partial charge in [-0.3, -0.25) is 4.79 Å². The summed E-state index contributed by atoms with van der Waals surface area (Å²) < 4.78 is 18.3. The molecule has 1 aliphatic rings. The molecule has 1 fully saturated rings. The first-order valence-electron chi connectivity index (χ1n) is 9.50. The average molecular weight is 449 g/mol. The molecule has 31 heavy (non-hydrogen) atoms. The maximum absolute atomic E-state index is 12.8. The van der Waals surface area contributed by atoms with Gasteiger partial charge in [0.05, 0.1) is 38.1 Å². The Morgan fingerprint density at radius 2 is 1.97 bits per heavy atom. The van der Waals surface area contributed by atoms with Gasteiger partial charge in [0.25, 0.3) is 0 Å². The van der Waals surface area contributed by atoms with Gasteiger partial charge >= 0.3 is 5.69 Å². The molecular formula is C19H21ClN6O5. The molecule has 0 unspecified atom stereocenters. The highest BCUT2D eigenvalue weighted by atomic mass is 35.5. The van der Waals surface area contributed by atoms with Crippen molar-refractivity contribution in [3.05, 3.63) is 40.0 Å². The second-order valence-electron chi connectivity index (χ2n) is 6.72. The number of anilines is 2. The number of fused-ring (bicyclic) bond motifs is 1. The van der Waals surface area contributed by atoms with Gasteiger partial charge in [-0.2, -0.15) is 0 Å². The lowest BCUT2D eigenvalue weighted by molar-refractivity contribution is -0.117. The fourth-order valence-electron chi connectivity index (χ4n) is 3.32. The SMILES string of the molecule is COc1cc(OC)c(NC(=O)Cn2nc3c(N4CCOCC4)nccn3c2=O)cc1Cl. The van der Waals surface area contributed by atoms with Crippen molar-refractivity contribution in [3.63, 3.8) is 0 Å². The number of nitrogens with one attached hydrogen (secondary N) is 1. The molecule has 0 radical (unpaired) electrons. The first kappa shape index (κ1) is 20.9. The predicted molar refractivity (Wildman–Crippen MR) is 113 cm³/mol. The first-order valence-corrected chi connectivity index (χ1v) is 9.88. The van der Waals surface area contributed by atoms with Crippen molar-refractivity contribution in [3.8, 4) is 11.5 Å². The number of carbonyl (C=O) groups excluding carboxylic acids is 1. The van der Waals surface area contributed by atoms with Crippen LogP contribution in [0.3, 0.4) is 0 Å². The van der Waals surface area contributed by atoms with Gasteiger partial charge in [-0.1, -0.05) is 11.6 Å². The molecule has 11 nitrogen and oxygen atoms in total. The molecule has 0 bridgehead atoms. The first-order chi connectivity index (χ1) is 15.0.